The van der Waals surface area contributed by atoms with E-state index in [0.29, 0.717) is 12.1 Å². The Bertz CT molecular complexity index is 665. The van der Waals surface area contributed by atoms with Crippen LogP contribution in [0.25, 0.3) is 0 Å². The molecule has 0 aliphatic heterocycles. The van der Waals surface area contributed by atoms with Crippen molar-refractivity contribution in [3.63, 3.8) is 0 Å². The predicted octanol–water partition coefficient (Wildman–Crippen LogP) is 2.59. The van der Waals surface area contributed by atoms with Crippen molar-refractivity contribution in [2.24, 2.45) is 0 Å². The largest absolute Gasteiger partial charge is 0.454 e. The molecular weight excluding hydrogens is 314 g/mol. The van der Waals surface area contributed by atoms with E-state index < -0.39 is 49.5 Å². The summed E-state index contributed by atoms with van der Waals surface area (Å²) in [6.45, 7) is 4.64. The fourth-order valence-corrected chi connectivity index (χ4v) is 1.88. The van der Waals surface area contributed by atoms with Gasteiger partial charge in [0.25, 0.3) is 17.1 Å². The maximum atomic E-state index is 11.3. The van der Waals surface area contributed by atoms with Crippen LogP contribution in [-0.2, 0) is 9.53 Å². The van der Waals surface area contributed by atoms with Crippen LogP contribution in [0.3, 0.4) is 0 Å². The zero-order chi connectivity index (χ0) is 17.7. The minimum atomic E-state index is -1.32. The van der Waals surface area contributed by atoms with E-state index in [1.165, 1.54) is 6.92 Å². The lowest BCUT2D eigenvalue weighted by atomic mass is 10.0. The van der Waals surface area contributed by atoms with Gasteiger partial charge < -0.3 is 4.74 Å². The fourth-order valence-electron chi connectivity index (χ4n) is 1.88. The van der Waals surface area contributed by atoms with Crippen LogP contribution in [0, 0.1) is 30.3 Å². The number of ether oxygens (including phenoxy) is 1. The summed E-state index contributed by atoms with van der Waals surface area (Å²) in [4.78, 5) is 41.4. The van der Waals surface area contributed by atoms with Crippen LogP contribution in [0.15, 0.2) is 24.8 Å². The predicted molar refractivity (Wildman–Crippen MR) is 75.7 cm³/mol. The third kappa shape index (κ3) is 3.84. The number of carbonyl (C=O) groups is 1. The monoisotopic (exact) mass is 325 g/mol. The lowest BCUT2D eigenvalue weighted by Gasteiger charge is -2.15. The number of hydrogen-bond donors (Lipinski definition) is 0. The van der Waals surface area contributed by atoms with E-state index >= 15 is 0 Å². The summed E-state index contributed by atoms with van der Waals surface area (Å²) in [5.74, 6) is -0.932. The van der Waals surface area contributed by atoms with Crippen LogP contribution >= 0.6 is 0 Å². The molecule has 23 heavy (non-hydrogen) atoms. The molecule has 0 amide bonds. The highest BCUT2D eigenvalue weighted by molar-refractivity contribution is 5.81. The van der Waals surface area contributed by atoms with Crippen molar-refractivity contribution in [2.45, 2.75) is 19.4 Å². The first-order chi connectivity index (χ1) is 10.7. The second kappa shape index (κ2) is 7.06. The molecule has 0 aliphatic rings. The fraction of sp³-hybridized carbons (Fsp3) is 0.250. The van der Waals surface area contributed by atoms with E-state index in [4.69, 9.17) is 4.74 Å². The van der Waals surface area contributed by atoms with Gasteiger partial charge in [-0.25, -0.2) is 4.79 Å². The van der Waals surface area contributed by atoms with Gasteiger partial charge in [0.05, 0.1) is 26.9 Å². The van der Waals surface area contributed by atoms with Crippen molar-refractivity contribution in [3.8, 4) is 0 Å². The number of benzene rings is 1. The normalized spacial score (nSPS) is 11.3. The Morgan fingerprint density at radius 3 is 1.96 bits per heavy atom. The molecule has 11 heteroatoms. The van der Waals surface area contributed by atoms with Crippen molar-refractivity contribution in [1.82, 2.24) is 0 Å². The molecule has 1 aromatic rings. The molecule has 11 nitrogen and oxygen atoms in total. The molecule has 0 heterocycles. The Balaban J connectivity index is 3.68. The first-order valence-electron chi connectivity index (χ1n) is 6.17. The van der Waals surface area contributed by atoms with Crippen LogP contribution in [0.5, 0.6) is 0 Å². The number of nitro benzene ring substituents is 3. The van der Waals surface area contributed by atoms with Crippen molar-refractivity contribution in [2.75, 3.05) is 0 Å². The van der Waals surface area contributed by atoms with Crippen molar-refractivity contribution < 1.29 is 24.3 Å². The lowest BCUT2D eigenvalue weighted by Crippen LogP contribution is -2.13. The number of rotatable bonds is 7. The summed E-state index contributed by atoms with van der Waals surface area (Å²) >= 11 is 0. The molecule has 0 spiro atoms. The van der Waals surface area contributed by atoms with Gasteiger partial charge in [-0.15, -0.1) is 0 Å². The molecule has 1 atom stereocenters. The topological polar surface area (TPSA) is 156 Å². The molecular formula is C12H11N3O8. The van der Waals surface area contributed by atoms with Gasteiger partial charge in [0.15, 0.2) is 0 Å². The van der Waals surface area contributed by atoms with Crippen molar-refractivity contribution in [3.05, 3.63) is 60.7 Å². The number of hydrogen-bond acceptors (Lipinski definition) is 8. The molecule has 0 bridgehead atoms. The molecule has 122 valence electrons. The summed E-state index contributed by atoms with van der Waals surface area (Å²) < 4.78 is 4.88. The minimum absolute atomic E-state index is 0.0148. The Morgan fingerprint density at radius 2 is 1.65 bits per heavy atom. The average molecular weight is 325 g/mol. The van der Waals surface area contributed by atoms with E-state index in [2.05, 4.69) is 6.58 Å². The molecule has 0 radical (unpaired) electrons. The summed E-state index contributed by atoms with van der Waals surface area (Å²) in [7, 11) is 0. The second-order valence-corrected chi connectivity index (χ2v) is 4.21. The summed E-state index contributed by atoms with van der Waals surface area (Å²) in [6, 6.07) is 1.18. The van der Waals surface area contributed by atoms with E-state index in [1.807, 2.05) is 0 Å². The molecule has 0 saturated heterocycles. The van der Waals surface area contributed by atoms with Crippen LogP contribution in [0.4, 0.5) is 17.1 Å². The maximum absolute atomic E-state index is 11.3. The standard InChI is InChI=1S/C12H11N3O8/c1-3-10(23-11(16)4-2)12-8(14(19)20)5-7(13(17)18)6-9(12)15(21)22/h4-6,10H,2-3H2,1H3. The van der Waals surface area contributed by atoms with Gasteiger partial charge in [0, 0.05) is 6.08 Å². The SMILES string of the molecule is C=CC(=O)OC(CC)c1c([N+](=O)[O-])cc([N+](=O)[O-])cc1[N+](=O)[O-]. The van der Waals surface area contributed by atoms with Crippen molar-refractivity contribution >= 4 is 23.0 Å². The molecule has 1 aromatic carbocycles. The van der Waals surface area contributed by atoms with Crippen LogP contribution in [0.2, 0.25) is 0 Å². The average Bonchev–Trinajstić information content (AvgIpc) is 2.50. The minimum Gasteiger partial charge on any atom is -0.454 e. The zero-order valence-corrected chi connectivity index (χ0v) is 11.8. The molecule has 0 saturated carbocycles. The summed E-state index contributed by atoms with van der Waals surface area (Å²) in [6.07, 6.45) is -0.535. The van der Waals surface area contributed by atoms with E-state index in [9.17, 15) is 35.1 Å². The van der Waals surface area contributed by atoms with Crippen LogP contribution in [0.1, 0.15) is 25.0 Å². The highest BCUT2D eigenvalue weighted by atomic mass is 16.6. The van der Waals surface area contributed by atoms with Crippen molar-refractivity contribution in [1.29, 1.82) is 0 Å². The molecule has 0 aliphatic carbocycles. The van der Waals surface area contributed by atoms with Gasteiger partial charge in [-0.1, -0.05) is 13.5 Å². The van der Waals surface area contributed by atoms with Gasteiger partial charge in [0.1, 0.15) is 11.7 Å². The highest BCUT2D eigenvalue weighted by Gasteiger charge is 2.36. The van der Waals surface area contributed by atoms with Crippen LogP contribution < -0.4 is 0 Å². The van der Waals surface area contributed by atoms with Gasteiger partial charge in [0.2, 0.25) is 0 Å². The van der Waals surface area contributed by atoms with Gasteiger partial charge in [-0.3, -0.25) is 30.3 Å². The van der Waals surface area contributed by atoms with E-state index in [1.54, 1.807) is 0 Å². The van der Waals surface area contributed by atoms with Crippen LogP contribution in [-0.4, -0.2) is 20.7 Å². The molecule has 0 aromatic heterocycles. The number of nitrogens with zero attached hydrogens (tertiary/aromatic N) is 3. The molecule has 1 unspecified atom stereocenters. The van der Waals surface area contributed by atoms with E-state index in [0.717, 1.165) is 6.08 Å². The number of carbonyl (C=O) groups excluding carboxylic acids is 1. The van der Waals surface area contributed by atoms with E-state index in [-0.39, 0.29) is 6.42 Å². The lowest BCUT2D eigenvalue weighted by molar-refractivity contribution is -0.404. The third-order valence-corrected chi connectivity index (χ3v) is 2.84. The zero-order valence-electron chi connectivity index (χ0n) is 11.8. The third-order valence-electron chi connectivity index (χ3n) is 2.84. The smallest absolute Gasteiger partial charge is 0.330 e. The Morgan fingerprint density at radius 1 is 1.17 bits per heavy atom. The number of esters is 1. The quantitative estimate of drug-likeness (QED) is 0.320. The highest BCUT2D eigenvalue weighted by Crippen LogP contribution is 2.40. The van der Waals surface area contributed by atoms with Gasteiger partial charge in [-0.2, -0.15) is 0 Å². The Hall–Kier alpha value is -3.37. The summed E-state index contributed by atoms with van der Waals surface area (Å²) in [5, 5.41) is 33.1. The first kappa shape index (κ1) is 17.7. The molecule has 0 N–H and O–H groups in total. The maximum Gasteiger partial charge on any atom is 0.330 e. The number of non-ortho nitro benzene ring substituents is 1. The molecule has 1 rings (SSSR count). The van der Waals surface area contributed by atoms with Gasteiger partial charge in [-0.05, 0) is 6.42 Å². The Kier molecular flexibility index (Phi) is 5.43. The first-order valence-corrected chi connectivity index (χ1v) is 6.17. The second-order valence-electron chi connectivity index (χ2n) is 4.21. The summed E-state index contributed by atoms with van der Waals surface area (Å²) in [5.41, 5.74) is -3.05. The number of nitro groups is 3. The Labute approximate surface area is 128 Å². The van der Waals surface area contributed by atoms with Gasteiger partial charge >= 0.3 is 5.97 Å². The molecule has 0 fully saturated rings.